The number of nitrogens with one attached hydrogen (secondary N) is 1. The Bertz CT molecular complexity index is 427. The molecule has 1 saturated heterocycles. The van der Waals surface area contributed by atoms with Crippen LogP contribution < -0.4 is 10.2 Å². The van der Waals surface area contributed by atoms with E-state index in [0.29, 0.717) is 6.61 Å². The van der Waals surface area contributed by atoms with Crippen LogP contribution in [0.3, 0.4) is 0 Å². The molecule has 0 radical (unpaired) electrons. The average Bonchev–Trinajstić information content (AvgIpc) is 2.78. The standard InChI is InChI=1S/C12H18N4O/c1-16(2)11-14-5-9-6-17-8-12(10(9)15-11)3-4-13-7-12/h5,13H,3-4,6-8H2,1-2H3. The molecule has 1 aromatic heterocycles. The first-order chi connectivity index (χ1) is 8.21. The molecule has 3 rings (SSSR count). The zero-order valence-electron chi connectivity index (χ0n) is 10.4. The first-order valence-electron chi connectivity index (χ1n) is 6.03. The molecule has 0 aliphatic carbocycles. The van der Waals surface area contributed by atoms with E-state index in [2.05, 4.69) is 10.3 Å². The molecule has 1 spiro atoms. The second-order valence-corrected chi connectivity index (χ2v) is 5.14. The summed E-state index contributed by atoms with van der Waals surface area (Å²) in [6, 6.07) is 0. The molecule has 0 bridgehead atoms. The summed E-state index contributed by atoms with van der Waals surface area (Å²) in [5, 5.41) is 3.42. The number of fused-ring (bicyclic) bond motifs is 2. The predicted molar refractivity (Wildman–Crippen MR) is 65.2 cm³/mol. The van der Waals surface area contributed by atoms with E-state index >= 15 is 0 Å². The lowest BCUT2D eigenvalue weighted by Gasteiger charge is -2.34. The van der Waals surface area contributed by atoms with Gasteiger partial charge in [-0.1, -0.05) is 0 Å². The number of anilines is 1. The van der Waals surface area contributed by atoms with Crippen molar-refractivity contribution in [2.75, 3.05) is 38.7 Å². The van der Waals surface area contributed by atoms with Crippen LogP contribution in [0.4, 0.5) is 5.95 Å². The van der Waals surface area contributed by atoms with Gasteiger partial charge in [-0.2, -0.15) is 0 Å². The molecule has 17 heavy (non-hydrogen) atoms. The zero-order chi connectivity index (χ0) is 11.9. The maximum Gasteiger partial charge on any atom is 0.225 e. The summed E-state index contributed by atoms with van der Waals surface area (Å²) in [6.45, 7) is 3.43. The Morgan fingerprint density at radius 2 is 2.35 bits per heavy atom. The van der Waals surface area contributed by atoms with E-state index in [9.17, 15) is 0 Å². The minimum atomic E-state index is 0.0707. The van der Waals surface area contributed by atoms with Crippen LogP contribution in [-0.4, -0.2) is 43.8 Å². The second kappa shape index (κ2) is 3.92. The third-order valence-corrected chi connectivity index (χ3v) is 3.63. The van der Waals surface area contributed by atoms with Gasteiger partial charge >= 0.3 is 0 Å². The molecule has 3 heterocycles. The summed E-state index contributed by atoms with van der Waals surface area (Å²) in [5.41, 5.74) is 2.40. The van der Waals surface area contributed by atoms with Crippen LogP contribution >= 0.6 is 0 Å². The van der Waals surface area contributed by atoms with Crippen LogP contribution in [0.2, 0.25) is 0 Å². The Morgan fingerprint density at radius 1 is 1.47 bits per heavy atom. The molecule has 92 valence electrons. The van der Waals surface area contributed by atoms with Gasteiger partial charge in [0, 0.05) is 32.4 Å². The molecule has 5 nitrogen and oxygen atoms in total. The molecule has 1 unspecified atom stereocenters. The maximum atomic E-state index is 5.70. The number of rotatable bonds is 1. The quantitative estimate of drug-likeness (QED) is 0.757. The summed E-state index contributed by atoms with van der Waals surface area (Å²) in [6.07, 6.45) is 3.01. The molecule has 1 N–H and O–H groups in total. The average molecular weight is 234 g/mol. The van der Waals surface area contributed by atoms with Crippen molar-refractivity contribution >= 4 is 5.95 Å². The normalized spacial score (nSPS) is 27.2. The Labute approximate surface area is 101 Å². The van der Waals surface area contributed by atoms with Crippen LogP contribution in [0.5, 0.6) is 0 Å². The lowest BCUT2D eigenvalue weighted by molar-refractivity contribution is 0.0550. The van der Waals surface area contributed by atoms with E-state index < -0.39 is 0 Å². The molecule has 1 atom stereocenters. The van der Waals surface area contributed by atoms with Crippen LogP contribution in [-0.2, 0) is 16.8 Å². The molecular weight excluding hydrogens is 216 g/mol. The van der Waals surface area contributed by atoms with Crippen molar-refractivity contribution in [3.63, 3.8) is 0 Å². The molecule has 1 fully saturated rings. The molecule has 2 aliphatic rings. The molecular formula is C12H18N4O. The van der Waals surface area contributed by atoms with Crippen LogP contribution in [0, 0.1) is 0 Å². The number of aromatic nitrogens is 2. The third-order valence-electron chi connectivity index (χ3n) is 3.63. The SMILES string of the molecule is CN(C)c1ncc2c(n1)C1(CCNC1)COC2. The van der Waals surface area contributed by atoms with Crippen molar-refractivity contribution in [2.24, 2.45) is 0 Å². The second-order valence-electron chi connectivity index (χ2n) is 5.14. The summed E-state index contributed by atoms with van der Waals surface area (Å²) in [4.78, 5) is 11.1. The Morgan fingerprint density at radius 3 is 3.06 bits per heavy atom. The third kappa shape index (κ3) is 1.70. The molecule has 1 aromatic rings. The molecule has 0 saturated carbocycles. The minimum Gasteiger partial charge on any atom is -0.376 e. The van der Waals surface area contributed by atoms with Crippen molar-refractivity contribution < 1.29 is 4.74 Å². The number of ether oxygens (including phenoxy) is 1. The summed E-state index contributed by atoms with van der Waals surface area (Å²) in [7, 11) is 3.95. The van der Waals surface area contributed by atoms with Gasteiger partial charge in [0.2, 0.25) is 5.95 Å². The van der Waals surface area contributed by atoms with Crippen molar-refractivity contribution in [3.05, 3.63) is 17.5 Å². The minimum absolute atomic E-state index is 0.0707. The van der Waals surface area contributed by atoms with Gasteiger partial charge in [0.1, 0.15) is 0 Å². The highest BCUT2D eigenvalue weighted by Crippen LogP contribution is 2.36. The van der Waals surface area contributed by atoms with E-state index in [4.69, 9.17) is 9.72 Å². The van der Waals surface area contributed by atoms with Crippen LogP contribution in [0.15, 0.2) is 6.20 Å². The zero-order valence-corrected chi connectivity index (χ0v) is 10.4. The van der Waals surface area contributed by atoms with Gasteiger partial charge in [0.05, 0.1) is 24.3 Å². The van der Waals surface area contributed by atoms with Crippen LogP contribution in [0.25, 0.3) is 0 Å². The Kier molecular flexibility index (Phi) is 2.52. The van der Waals surface area contributed by atoms with Crippen molar-refractivity contribution in [3.8, 4) is 0 Å². The van der Waals surface area contributed by atoms with E-state index in [-0.39, 0.29) is 5.41 Å². The lowest BCUT2D eigenvalue weighted by Crippen LogP contribution is -2.40. The fourth-order valence-electron chi connectivity index (χ4n) is 2.67. The van der Waals surface area contributed by atoms with E-state index in [1.807, 2.05) is 25.2 Å². The molecule has 0 amide bonds. The lowest BCUT2D eigenvalue weighted by atomic mass is 9.81. The summed E-state index contributed by atoms with van der Waals surface area (Å²) in [5.74, 6) is 0.789. The number of hydrogen-bond acceptors (Lipinski definition) is 5. The Hall–Kier alpha value is -1.20. The smallest absolute Gasteiger partial charge is 0.225 e. The summed E-state index contributed by atoms with van der Waals surface area (Å²) < 4.78 is 5.70. The van der Waals surface area contributed by atoms with Gasteiger partial charge in [0.25, 0.3) is 0 Å². The monoisotopic (exact) mass is 234 g/mol. The topological polar surface area (TPSA) is 50.3 Å². The van der Waals surface area contributed by atoms with Gasteiger partial charge < -0.3 is 15.0 Å². The van der Waals surface area contributed by atoms with Crippen molar-refractivity contribution in [1.82, 2.24) is 15.3 Å². The predicted octanol–water partition coefficient (Wildman–Crippen LogP) is 0.304. The van der Waals surface area contributed by atoms with E-state index in [0.717, 1.165) is 37.6 Å². The fraction of sp³-hybridized carbons (Fsp3) is 0.667. The van der Waals surface area contributed by atoms with Crippen molar-refractivity contribution in [2.45, 2.75) is 18.4 Å². The van der Waals surface area contributed by atoms with Crippen molar-refractivity contribution in [1.29, 1.82) is 0 Å². The number of hydrogen-bond donors (Lipinski definition) is 1. The van der Waals surface area contributed by atoms with E-state index in [1.165, 1.54) is 5.69 Å². The first kappa shape index (κ1) is 10.9. The highest BCUT2D eigenvalue weighted by Gasteiger charge is 2.41. The van der Waals surface area contributed by atoms with Gasteiger partial charge in [-0.05, 0) is 13.0 Å². The van der Waals surface area contributed by atoms with E-state index in [1.54, 1.807) is 0 Å². The molecule has 5 heteroatoms. The van der Waals surface area contributed by atoms with Gasteiger partial charge in [-0.3, -0.25) is 0 Å². The number of nitrogens with zero attached hydrogens (tertiary/aromatic N) is 3. The molecule has 0 aromatic carbocycles. The van der Waals surface area contributed by atoms with Gasteiger partial charge in [0.15, 0.2) is 0 Å². The van der Waals surface area contributed by atoms with Crippen LogP contribution in [0.1, 0.15) is 17.7 Å². The highest BCUT2D eigenvalue weighted by molar-refractivity contribution is 5.37. The van der Waals surface area contributed by atoms with Gasteiger partial charge in [-0.25, -0.2) is 9.97 Å². The van der Waals surface area contributed by atoms with Gasteiger partial charge in [-0.15, -0.1) is 0 Å². The highest BCUT2D eigenvalue weighted by atomic mass is 16.5. The largest absolute Gasteiger partial charge is 0.376 e. The first-order valence-corrected chi connectivity index (χ1v) is 6.03. The maximum absolute atomic E-state index is 5.70. The molecule has 2 aliphatic heterocycles. The summed E-state index contributed by atoms with van der Waals surface area (Å²) >= 11 is 0. The fourth-order valence-corrected chi connectivity index (χ4v) is 2.67. The Balaban J connectivity index is 2.08.